The molecule has 0 amide bonds. The molecule has 14 aromatic rings. The summed E-state index contributed by atoms with van der Waals surface area (Å²) in [5.74, 6) is -1.98. The number of alkyl halides is 3. The summed E-state index contributed by atoms with van der Waals surface area (Å²) in [5.41, 5.74) is 4.22. The first kappa shape index (κ1) is 40.1. The van der Waals surface area contributed by atoms with Gasteiger partial charge in [-0.2, -0.15) is 13.2 Å². The van der Waals surface area contributed by atoms with E-state index in [-0.39, 0.29) is 11.3 Å². The lowest BCUT2D eigenvalue weighted by atomic mass is 9.96. The molecule has 0 aliphatic carbocycles. The number of rotatable bonds is 5. The molecule has 70 heavy (non-hydrogen) atoms. The Kier molecular flexibility index (Phi) is 8.47. The van der Waals surface area contributed by atoms with E-state index in [1.54, 1.807) is 21.3 Å². The molecule has 0 spiro atoms. The van der Waals surface area contributed by atoms with Gasteiger partial charge in [0.25, 0.3) is 0 Å². The van der Waals surface area contributed by atoms with Crippen molar-refractivity contribution in [3.8, 4) is 33.9 Å². The fraction of sp³-hybridized carbons (Fsp3) is 0.0164. The van der Waals surface area contributed by atoms with E-state index in [1.807, 2.05) is 170 Å². The van der Waals surface area contributed by atoms with Crippen LogP contribution in [0.3, 0.4) is 0 Å². The van der Waals surface area contributed by atoms with Gasteiger partial charge in [0.05, 0.1) is 61.1 Å². The summed E-state index contributed by atoms with van der Waals surface area (Å²) in [5, 5.41) is 6.33. The van der Waals surface area contributed by atoms with Crippen molar-refractivity contribution < 1.29 is 22.0 Å². The molecule has 0 fully saturated rings. The maximum atomic E-state index is 17.4. The third-order valence-electron chi connectivity index (χ3n) is 14.1. The van der Waals surface area contributed by atoms with Gasteiger partial charge in [0, 0.05) is 60.0 Å². The molecule has 0 atom stereocenters. The molecule has 4 nitrogen and oxygen atoms in total. The van der Waals surface area contributed by atoms with Gasteiger partial charge in [-0.25, -0.2) is 8.78 Å². The second-order valence-electron chi connectivity index (χ2n) is 17.7. The van der Waals surface area contributed by atoms with Crippen LogP contribution in [0.5, 0.6) is 0 Å². The monoisotopic (exact) mass is 918 g/mol. The summed E-state index contributed by atoms with van der Waals surface area (Å²) in [6.07, 6.45) is -5.11. The lowest BCUT2D eigenvalue weighted by molar-refractivity contribution is -0.137. The molecule has 9 heteroatoms. The van der Waals surface area contributed by atoms with E-state index in [4.69, 9.17) is 0 Å². The first-order chi connectivity index (χ1) is 34.3. The Morgan fingerprint density at radius 1 is 0.300 bits per heavy atom. The molecule has 0 N–H and O–H groups in total. The number of hydrogen-bond acceptors (Lipinski definition) is 0. The minimum atomic E-state index is -5.11. The number of fused-ring (bicyclic) bond motifs is 14. The highest BCUT2D eigenvalue weighted by atomic mass is 19.4. The van der Waals surface area contributed by atoms with E-state index in [0.29, 0.717) is 43.9 Å². The minimum absolute atomic E-state index is 0.201. The second-order valence-corrected chi connectivity index (χ2v) is 17.7. The lowest BCUT2D eigenvalue weighted by Gasteiger charge is -2.25. The van der Waals surface area contributed by atoms with E-state index in [2.05, 4.69) is 9.13 Å². The number of aromatic nitrogens is 4. The molecule has 0 radical (unpaired) electrons. The van der Waals surface area contributed by atoms with Crippen LogP contribution in [-0.2, 0) is 6.18 Å². The zero-order chi connectivity index (χ0) is 47.0. The molecule has 10 aromatic carbocycles. The average molecular weight is 919 g/mol. The van der Waals surface area contributed by atoms with Gasteiger partial charge < -0.3 is 18.3 Å². The third kappa shape index (κ3) is 5.51. The molecule has 0 unspecified atom stereocenters. The van der Waals surface area contributed by atoms with Crippen LogP contribution in [-0.4, -0.2) is 18.3 Å². The Morgan fingerprint density at radius 3 is 1.09 bits per heavy atom. The molecule has 0 aliphatic rings. The topological polar surface area (TPSA) is 19.7 Å². The van der Waals surface area contributed by atoms with Crippen LogP contribution in [0.1, 0.15) is 5.56 Å². The second kappa shape index (κ2) is 14.8. The minimum Gasteiger partial charge on any atom is -0.307 e. The molecule has 0 saturated heterocycles. The van der Waals surface area contributed by atoms with Gasteiger partial charge in [0.15, 0.2) is 0 Å². The molecule has 4 heterocycles. The Balaban J connectivity index is 1.24. The number of hydrogen-bond donors (Lipinski definition) is 0. The van der Waals surface area contributed by atoms with Crippen molar-refractivity contribution in [1.82, 2.24) is 18.3 Å². The van der Waals surface area contributed by atoms with Crippen molar-refractivity contribution in [1.29, 1.82) is 0 Å². The van der Waals surface area contributed by atoms with Crippen molar-refractivity contribution in [2.24, 2.45) is 0 Å². The average Bonchev–Trinajstić information content (AvgIpc) is 4.11. The van der Waals surface area contributed by atoms with Crippen molar-refractivity contribution in [3.63, 3.8) is 0 Å². The van der Waals surface area contributed by atoms with E-state index in [1.165, 1.54) is 18.2 Å². The van der Waals surface area contributed by atoms with E-state index in [9.17, 15) is 0 Å². The van der Waals surface area contributed by atoms with Gasteiger partial charge in [-0.15, -0.1) is 0 Å². The van der Waals surface area contributed by atoms with Gasteiger partial charge in [-0.1, -0.05) is 140 Å². The van der Waals surface area contributed by atoms with E-state index < -0.39 is 34.6 Å². The third-order valence-corrected chi connectivity index (χ3v) is 14.1. The molecule has 14 rings (SSSR count). The van der Waals surface area contributed by atoms with Crippen LogP contribution in [0.25, 0.3) is 121 Å². The number of para-hydroxylation sites is 6. The number of nitrogens with zero attached hydrogens (tertiary/aromatic N) is 4. The summed E-state index contributed by atoms with van der Waals surface area (Å²) in [6, 6.07) is 64.5. The van der Waals surface area contributed by atoms with Gasteiger partial charge in [0.1, 0.15) is 17.2 Å². The van der Waals surface area contributed by atoms with Crippen molar-refractivity contribution in [3.05, 3.63) is 230 Å². The van der Waals surface area contributed by atoms with Crippen molar-refractivity contribution >= 4 is 87.2 Å². The molecule has 0 aliphatic heterocycles. The Morgan fingerprint density at radius 2 is 0.657 bits per heavy atom. The summed E-state index contributed by atoms with van der Waals surface area (Å²) in [7, 11) is 0. The standard InChI is InChI=1S/C61H35F5N4/c62-47-24-15-25-48(63)54(47)46-34-35-53(69-51-28-13-9-22-40(51)44-32-30-42-38-20-7-11-26-49(38)67(57(42)59(44)69)36-16-3-1-4-17-36)55(61(64,65)66)56(46)70-52-29-14-10-23-41(52)45-33-31-43-39-21-8-12-27-50(39)68(58(43)60(45)70)37-18-5-2-6-19-37/h1-35H. The Bertz CT molecular complexity index is 4460. The van der Waals surface area contributed by atoms with Crippen molar-refractivity contribution in [2.75, 3.05) is 0 Å². The number of benzene rings is 10. The van der Waals surface area contributed by atoms with Gasteiger partial charge in [-0.3, -0.25) is 0 Å². The Hall–Kier alpha value is -8.95. The first-order valence-corrected chi connectivity index (χ1v) is 23.0. The van der Waals surface area contributed by atoms with Crippen LogP contribution >= 0.6 is 0 Å². The summed E-state index contributed by atoms with van der Waals surface area (Å²) < 4.78 is 93.0. The molecule has 334 valence electrons. The van der Waals surface area contributed by atoms with E-state index in [0.717, 1.165) is 66.9 Å². The molecular weight excluding hydrogens is 884 g/mol. The summed E-state index contributed by atoms with van der Waals surface area (Å²) >= 11 is 0. The van der Waals surface area contributed by atoms with Crippen LogP contribution < -0.4 is 0 Å². The molecule has 0 bridgehead atoms. The zero-order valence-corrected chi connectivity index (χ0v) is 36.9. The van der Waals surface area contributed by atoms with E-state index >= 15 is 22.0 Å². The Labute approximate surface area is 395 Å². The number of halogens is 5. The van der Waals surface area contributed by atoms with Crippen LogP contribution in [0.4, 0.5) is 22.0 Å². The summed E-state index contributed by atoms with van der Waals surface area (Å²) in [4.78, 5) is 0. The van der Waals surface area contributed by atoms with Gasteiger partial charge in [0.2, 0.25) is 0 Å². The molecular formula is C61H35F5N4. The maximum absolute atomic E-state index is 17.4. The van der Waals surface area contributed by atoms with Crippen LogP contribution in [0, 0.1) is 11.6 Å². The highest BCUT2D eigenvalue weighted by Crippen LogP contribution is 2.51. The largest absolute Gasteiger partial charge is 0.420 e. The summed E-state index contributed by atoms with van der Waals surface area (Å²) in [6.45, 7) is 0. The molecule has 0 saturated carbocycles. The predicted octanol–water partition coefficient (Wildman–Crippen LogP) is 17.0. The quantitative estimate of drug-likeness (QED) is 0.153. The van der Waals surface area contributed by atoms with Crippen molar-refractivity contribution in [2.45, 2.75) is 6.18 Å². The van der Waals surface area contributed by atoms with Crippen LogP contribution in [0.2, 0.25) is 0 Å². The highest BCUT2D eigenvalue weighted by Gasteiger charge is 2.41. The predicted molar refractivity (Wildman–Crippen MR) is 274 cm³/mol. The SMILES string of the molecule is Fc1cccc(F)c1-c1ccc(-n2c3ccccc3c3ccc4c5ccccc5n(-c5ccccc5)c4c32)c(C(F)(F)F)c1-n1c2ccccc2c2ccc3c4ccccc4n(-c4ccccc4)c3c21. The molecule has 4 aromatic heterocycles. The highest BCUT2D eigenvalue weighted by molar-refractivity contribution is 6.26. The fourth-order valence-electron chi connectivity index (χ4n) is 11.4. The van der Waals surface area contributed by atoms with Crippen LogP contribution in [0.15, 0.2) is 212 Å². The van der Waals surface area contributed by atoms with Gasteiger partial charge >= 0.3 is 6.18 Å². The normalized spacial score (nSPS) is 12.4. The smallest absolute Gasteiger partial charge is 0.307 e. The first-order valence-electron chi connectivity index (χ1n) is 23.0. The van der Waals surface area contributed by atoms with Gasteiger partial charge in [-0.05, 0) is 72.8 Å². The fourth-order valence-corrected chi connectivity index (χ4v) is 11.4. The zero-order valence-electron chi connectivity index (χ0n) is 36.9. The lowest BCUT2D eigenvalue weighted by Crippen LogP contribution is -2.17. The maximum Gasteiger partial charge on any atom is 0.420 e.